The van der Waals surface area contributed by atoms with Crippen LogP contribution in [0.4, 0.5) is 0 Å². The van der Waals surface area contributed by atoms with Crippen molar-refractivity contribution in [3.63, 3.8) is 0 Å². The Morgan fingerprint density at radius 2 is 1.85 bits per heavy atom. The standard InChI is InChI=1S/C19H24O8/c1-7(6-20)14-19-8(4-11(23)25-14)17(2)9(21)5-10(22)18(3)13(17)12(15(19)27-19)26-16(18)24/h4,7,9-10,12-15,20-22H,5-6H2,1-3H3/t7-,9-,10+,12+,13-,14-,15-,17+,18+,19-/m1/s1. The van der Waals surface area contributed by atoms with Gasteiger partial charge in [0.1, 0.15) is 18.3 Å². The lowest BCUT2D eigenvalue weighted by Gasteiger charge is -2.57. The highest BCUT2D eigenvalue weighted by atomic mass is 16.7. The first-order valence-corrected chi connectivity index (χ1v) is 9.42. The van der Waals surface area contributed by atoms with Crippen LogP contribution in [0.5, 0.6) is 0 Å². The summed E-state index contributed by atoms with van der Waals surface area (Å²) in [5.74, 6) is -1.98. The Hall–Kier alpha value is -1.48. The lowest BCUT2D eigenvalue weighted by atomic mass is 9.45. The number of carbonyl (C=O) groups is 2. The molecular weight excluding hydrogens is 356 g/mol. The fourth-order valence-corrected chi connectivity index (χ4v) is 6.36. The van der Waals surface area contributed by atoms with Gasteiger partial charge in [0.15, 0.2) is 5.60 Å². The second-order valence-corrected chi connectivity index (χ2v) is 9.09. The van der Waals surface area contributed by atoms with E-state index in [0.29, 0.717) is 5.57 Å². The SMILES string of the molecule is C[C@H](CO)[C@H]1OC(=O)C=C2[C@]3(C)[C@H]4[C@H](OC(=O)[C@@]4(C)[C@@H](O)C[C@H]3O)[C@H]3O[C@@]231. The average molecular weight is 380 g/mol. The predicted molar refractivity (Wildman–Crippen MR) is 88.0 cm³/mol. The molecule has 8 heteroatoms. The third-order valence-electron chi connectivity index (χ3n) is 7.85. The molecule has 2 aliphatic carbocycles. The number of aliphatic hydroxyl groups excluding tert-OH is 3. The fourth-order valence-electron chi connectivity index (χ4n) is 6.36. The van der Waals surface area contributed by atoms with Crippen molar-refractivity contribution < 1.29 is 39.1 Å². The maximum absolute atomic E-state index is 12.8. The van der Waals surface area contributed by atoms with Crippen molar-refractivity contribution in [2.45, 2.75) is 63.3 Å². The smallest absolute Gasteiger partial charge is 0.331 e. The lowest BCUT2D eigenvalue weighted by molar-refractivity contribution is -0.171. The van der Waals surface area contributed by atoms with Gasteiger partial charge in [-0.3, -0.25) is 4.79 Å². The molecule has 0 aromatic carbocycles. The Labute approximate surface area is 156 Å². The van der Waals surface area contributed by atoms with Crippen LogP contribution in [0.3, 0.4) is 0 Å². The molecule has 2 saturated carbocycles. The molecule has 1 spiro atoms. The molecule has 10 atom stereocenters. The zero-order chi connectivity index (χ0) is 19.5. The van der Waals surface area contributed by atoms with E-state index >= 15 is 0 Å². The van der Waals surface area contributed by atoms with Crippen LogP contribution in [-0.2, 0) is 23.8 Å². The van der Waals surface area contributed by atoms with Gasteiger partial charge in [0.25, 0.3) is 0 Å². The molecule has 8 nitrogen and oxygen atoms in total. The van der Waals surface area contributed by atoms with Crippen LogP contribution in [-0.4, -0.2) is 70.0 Å². The van der Waals surface area contributed by atoms with Gasteiger partial charge in [0, 0.05) is 36.4 Å². The molecule has 3 aliphatic heterocycles. The Bertz CT molecular complexity index is 778. The molecule has 27 heavy (non-hydrogen) atoms. The maximum atomic E-state index is 12.8. The van der Waals surface area contributed by atoms with Gasteiger partial charge in [-0.1, -0.05) is 13.8 Å². The number of epoxide rings is 1. The Kier molecular flexibility index (Phi) is 3.21. The molecule has 148 valence electrons. The first-order chi connectivity index (χ1) is 12.6. The minimum absolute atomic E-state index is 0.00131. The number of hydrogen-bond acceptors (Lipinski definition) is 8. The first kappa shape index (κ1) is 17.6. The number of carbonyl (C=O) groups excluding carboxylic acids is 2. The van der Waals surface area contributed by atoms with Crippen molar-refractivity contribution in [1.29, 1.82) is 0 Å². The molecule has 5 rings (SSSR count). The number of cyclic esters (lactones) is 1. The van der Waals surface area contributed by atoms with Gasteiger partial charge in [-0.25, -0.2) is 4.79 Å². The van der Waals surface area contributed by atoms with Crippen molar-refractivity contribution in [3.05, 3.63) is 11.6 Å². The van der Waals surface area contributed by atoms with E-state index in [0.717, 1.165) is 0 Å². The molecule has 5 aliphatic rings. The summed E-state index contributed by atoms with van der Waals surface area (Å²) in [4.78, 5) is 25.1. The van der Waals surface area contributed by atoms with E-state index in [4.69, 9.17) is 14.2 Å². The first-order valence-electron chi connectivity index (χ1n) is 9.42. The summed E-state index contributed by atoms with van der Waals surface area (Å²) in [5.41, 5.74) is -2.60. The molecule has 0 amide bonds. The number of ether oxygens (including phenoxy) is 3. The maximum Gasteiger partial charge on any atom is 0.331 e. The van der Waals surface area contributed by atoms with Crippen LogP contribution in [0, 0.1) is 22.7 Å². The number of fused-ring (bicyclic) bond motifs is 2. The van der Waals surface area contributed by atoms with E-state index in [2.05, 4.69) is 0 Å². The predicted octanol–water partition coefficient (Wildman–Crippen LogP) is -0.702. The Morgan fingerprint density at radius 1 is 1.19 bits per heavy atom. The quantitative estimate of drug-likeness (QED) is 0.424. The van der Waals surface area contributed by atoms with Gasteiger partial charge >= 0.3 is 11.9 Å². The number of rotatable bonds is 2. The Balaban J connectivity index is 1.73. The van der Waals surface area contributed by atoms with Gasteiger partial charge in [-0.15, -0.1) is 0 Å². The second-order valence-electron chi connectivity index (χ2n) is 9.09. The van der Waals surface area contributed by atoms with Crippen molar-refractivity contribution >= 4 is 11.9 Å². The van der Waals surface area contributed by atoms with Crippen LogP contribution >= 0.6 is 0 Å². The molecule has 0 radical (unpaired) electrons. The highest BCUT2D eigenvalue weighted by molar-refractivity contribution is 5.87. The number of esters is 2. The monoisotopic (exact) mass is 380 g/mol. The highest BCUT2D eigenvalue weighted by Gasteiger charge is 2.85. The van der Waals surface area contributed by atoms with Gasteiger partial charge < -0.3 is 29.5 Å². The third-order valence-corrected chi connectivity index (χ3v) is 7.85. The normalized spacial score (nSPS) is 56.1. The molecule has 3 heterocycles. The summed E-state index contributed by atoms with van der Waals surface area (Å²) in [7, 11) is 0. The molecule has 4 fully saturated rings. The molecule has 0 bridgehead atoms. The topological polar surface area (TPSA) is 126 Å². The van der Waals surface area contributed by atoms with Crippen LogP contribution < -0.4 is 0 Å². The van der Waals surface area contributed by atoms with E-state index in [1.54, 1.807) is 13.8 Å². The van der Waals surface area contributed by atoms with Crippen molar-refractivity contribution in [2.75, 3.05) is 6.61 Å². The van der Waals surface area contributed by atoms with Crippen molar-refractivity contribution in [1.82, 2.24) is 0 Å². The molecule has 0 aromatic rings. The summed E-state index contributed by atoms with van der Waals surface area (Å²) in [6.07, 6.45) is -2.58. The van der Waals surface area contributed by atoms with Gasteiger partial charge in [0.2, 0.25) is 0 Å². The summed E-state index contributed by atoms with van der Waals surface area (Å²) >= 11 is 0. The van der Waals surface area contributed by atoms with E-state index in [1.807, 2.05) is 6.92 Å². The van der Waals surface area contributed by atoms with Crippen molar-refractivity contribution in [3.8, 4) is 0 Å². The molecule has 3 N–H and O–H groups in total. The van der Waals surface area contributed by atoms with E-state index in [-0.39, 0.29) is 13.0 Å². The summed E-state index contributed by atoms with van der Waals surface area (Å²) < 4.78 is 17.3. The zero-order valence-electron chi connectivity index (χ0n) is 15.4. The van der Waals surface area contributed by atoms with Crippen LogP contribution in [0.25, 0.3) is 0 Å². The zero-order valence-corrected chi connectivity index (χ0v) is 15.4. The minimum atomic E-state index is -1.18. The van der Waals surface area contributed by atoms with E-state index in [1.165, 1.54) is 6.08 Å². The molecule has 0 aromatic heterocycles. The number of hydrogen-bond donors (Lipinski definition) is 3. The number of aliphatic hydroxyl groups is 3. The summed E-state index contributed by atoms with van der Waals surface area (Å²) in [5, 5.41) is 31.3. The molecular formula is C19H24O8. The van der Waals surface area contributed by atoms with Crippen LogP contribution in [0.15, 0.2) is 11.6 Å². The Morgan fingerprint density at radius 3 is 2.52 bits per heavy atom. The van der Waals surface area contributed by atoms with Crippen LogP contribution in [0.1, 0.15) is 27.2 Å². The largest absolute Gasteiger partial charge is 0.459 e. The van der Waals surface area contributed by atoms with Gasteiger partial charge in [-0.2, -0.15) is 0 Å². The van der Waals surface area contributed by atoms with E-state index < -0.39 is 70.7 Å². The summed E-state index contributed by atoms with van der Waals surface area (Å²) in [6.45, 7) is 5.03. The lowest BCUT2D eigenvalue weighted by Crippen LogP contribution is -2.67. The van der Waals surface area contributed by atoms with Gasteiger partial charge in [-0.05, 0) is 12.5 Å². The molecule has 0 unspecified atom stereocenters. The minimum Gasteiger partial charge on any atom is -0.459 e. The molecule has 2 saturated heterocycles. The van der Waals surface area contributed by atoms with Crippen LogP contribution in [0.2, 0.25) is 0 Å². The average Bonchev–Trinajstić information content (AvgIpc) is 3.28. The van der Waals surface area contributed by atoms with Gasteiger partial charge in [0.05, 0.1) is 17.6 Å². The van der Waals surface area contributed by atoms with E-state index in [9.17, 15) is 24.9 Å². The summed E-state index contributed by atoms with van der Waals surface area (Å²) in [6, 6.07) is 0. The third kappa shape index (κ3) is 1.70. The second kappa shape index (κ2) is 4.92. The highest BCUT2D eigenvalue weighted by Crippen LogP contribution is 2.72. The fraction of sp³-hybridized carbons (Fsp3) is 0.789. The van der Waals surface area contributed by atoms with Crippen molar-refractivity contribution in [2.24, 2.45) is 22.7 Å².